The normalized spacial score (nSPS) is 12.6. The molecular weight excluding hydrogens is 331 g/mol. The van der Waals surface area contributed by atoms with Gasteiger partial charge in [-0.05, 0) is 6.42 Å². The second-order valence-corrected chi connectivity index (χ2v) is 8.30. The minimum Gasteiger partial charge on any atom is -0.326 e. The van der Waals surface area contributed by atoms with Gasteiger partial charge in [0.1, 0.15) is 0 Å². The van der Waals surface area contributed by atoms with Crippen molar-refractivity contribution in [1.29, 1.82) is 0 Å². The lowest BCUT2D eigenvalue weighted by atomic mass is 10.0. The van der Waals surface area contributed by atoms with Crippen LogP contribution in [0.25, 0.3) is 0 Å². The maximum atomic E-state index is 10.4. The van der Waals surface area contributed by atoms with E-state index in [2.05, 4.69) is 11.4 Å². The minimum absolute atomic E-state index is 0.438. The van der Waals surface area contributed by atoms with E-state index >= 15 is 0 Å². The van der Waals surface area contributed by atoms with Crippen molar-refractivity contribution in [3.05, 3.63) is 0 Å². The van der Waals surface area contributed by atoms with Crippen LogP contribution in [0.4, 0.5) is 0 Å². The molecule has 0 aromatic rings. The highest BCUT2D eigenvalue weighted by molar-refractivity contribution is 7.32. The Morgan fingerprint density at radius 2 is 0.840 bits per heavy atom. The maximum absolute atomic E-state index is 10.4. The van der Waals surface area contributed by atoms with Crippen LogP contribution in [0.2, 0.25) is 0 Å². The van der Waals surface area contributed by atoms with Gasteiger partial charge in [0.2, 0.25) is 0 Å². The highest BCUT2D eigenvalue weighted by atomic mass is 31.1. The minimum atomic E-state index is -2.71. The second-order valence-electron chi connectivity index (χ2n) is 7.48. The monoisotopic (exact) mass is 376 g/mol. The van der Waals surface area contributed by atoms with E-state index in [1.165, 1.54) is 109 Å². The molecule has 0 aliphatic rings. The molecule has 0 saturated heterocycles. The van der Waals surface area contributed by atoms with Gasteiger partial charge in [-0.15, -0.1) is 0 Å². The van der Waals surface area contributed by atoms with Crippen molar-refractivity contribution in [2.24, 2.45) is 0 Å². The summed E-state index contributed by atoms with van der Waals surface area (Å²) in [5.74, 6) is 0. The number of unbranched alkanes of at least 4 members (excludes halogenated alkanes) is 18. The van der Waals surface area contributed by atoms with E-state index in [1.54, 1.807) is 0 Å². The van der Waals surface area contributed by atoms with Crippen LogP contribution in [0.5, 0.6) is 0 Å². The van der Waals surface area contributed by atoms with Crippen molar-refractivity contribution in [1.82, 2.24) is 0 Å². The van der Waals surface area contributed by atoms with Gasteiger partial charge in [-0.1, -0.05) is 122 Å². The van der Waals surface area contributed by atoms with Gasteiger partial charge in [0, 0.05) is 0 Å². The van der Waals surface area contributed by atoms with Crippen LogP contribution in [0, 0.1) is 0 Å². The Hall–Kier alpha value is 0.150. The van der Waals surface area contributed by atoms with Crippen LogP contribution in [-0.4, -0.2) is 11.5 Å². The fourth-order valence-electron chi connectivity index (χ4n) is 3.34. The summed E-state index contributed by atoms with van der Waals surface area (Å²) in [6.45, 7) is 2.72. The van der Waals surface area contributed by atoms with Crippen LogP contribution >= 0.6 is 8.25 Å². The molecule has 0 aromatic heterocycles. The first-order valence-electron chi connectivity index (χ1n) is 11.1. The summed E-state index contributed by atoms with van der Waals surface area (Å²) >= 11 is 0. The van der Waals surface area contributed by atoms with Crippen LogP contribution in [0.3, 0.4) is 0 Å². The third-order valence-electron chi connectivity index (χ3n) is 4.97. The van der Waals surface area contributed by atoms with Gasteiger partial charge in [0.25, 0.3) is 0 Å². The largest absolute Gasteiger partial charge is 0.326 e. The Balaban J connectivity index is 2.97. The Bertz CT molecular complexity index is 272. The van der Waals surface area contributed by atoms with E-state index in [0.717, 1.165) is 12.8 Å². The molecule has 0 aromatic carbocycles. The van der Waals surface area contributed by atoms with Crippen molar-refractivity contribution in [2.45, 2.75) is 129 Å². The Morgan fingerprint density at radius 1 is 0.560 bits per heavy atom. The standard InChI is InChI=1S/C21H45O3P/c1-2-3-4-5-6-7-8-9-10-11-12-13-14-15-16-17-18-19-20-21-24-25(22)23/h25H,2-21H2,1H3,(H,22,23). The first-order chi connectivity index (χ1) is 12.3. The first kappa shape index (κ1) is 25.1. The number of hydrogen-bond donors (Lipinski definition) is 1. The van der Waals surface area contributed by atoms with Gasteiger partial charge in [0.15, 0.2) is 0 Å². The molecule has 0 heterocycles. The number of hydrogen-bond acceptors (Lipinski definition) is 2. The SMILES string of the molecule is CCCCCCCCCCCCCCCCCCCCCO[PH](=O)O. The molecule has 0 aliphatic carbocycles. The second kappa shape index (κ2) is 22.2. The van der Waals surface area contributed by atoms with Crippen LogP contribution < -0.4 is 0 Å². The third kappa shape index (κ3) is 24.1. The lowest BCUT2D eigenvalue weighted by molar-refractivity contribution is 0.273. The highest BCUT2D eigenvalue weighted by Crippen LogP contribution is 2.16. The summed E-state index contributed by atoms with van der Waals surface area (Å²) in [6, 6.07) is 0. The van der Waals surface area contributed by atoms with E-state index in [-0.39, 0.29) is 0 Å². The zero-order valence-corrected chi connectivity index (χ0v) is 17.9. The summed E-state index contributed by atoms with van der Waals surface area (Å²) in [4.78, 5) is 8.53. The average Bonchev–Trinajstić information content (AvgIpc) is 2.60. The Morgan fingerprint density at radius 3 is 1.12 bits per heavy atom. The van der Waals surface area contributed by atoms with E-state index in [9.17, 15) is 4.57 Å². The molecule has 1 unspecified atom stereocenters. The van der Waals surface area contributed by atoms with Crippen LogP contribution in [0.1, 0.15) is 129 Å². The molecule has 4 heteroatoms. The third-order valence-corrected chi connectivity index (χ3v) is 5.42. The molecule has 1 atom stereocenters. The fourth-order valence-corrected chi connectivity index (χ4v) is 3.66. The quantitative estimate of drug-likeness (QED) is 0.164. The van der Waals surface area contributed by atoms with Crippen molar-refractivity contribution in [3.63, 3.8) is 0 Å². The molecule has 0 bridgehead atoms. The smallest absolute Gasteiger partial charge is 0.316 e. The van der Waals surface area contributed by atoms with Gasteiger partial charge in [-0.25, -0.2) is 0 Å². The van der Waals surface area contributed by atoms with Crippen LogP contribution in [0.15, 0.2) is 0 Å². The van der Waals surface area contributed by atoms with Gasteiger partial charge in [0.05, 0.1) is 6.61 Å². The fraction of sp³-hybridized carbons (Fsp3) is 1.00. The summed E-state index contributed by atoms with van der Waals surface area (Å²) < 4.78 is 15.0. The van der Waals surface area contributed by atoms with Crippen molar-refractivity contribution in [3.8, 4) is 0 Å². The van der Waals surface area contributed by atoms with Crippen LogP contribution in [-0.2, 0) is 9.09 Å². The van der Waals surface area contributed by atoms with E-state index in [4.69, 9.17) is 4.89 Å². The van der Waals surface area contributed by atoms with Gasteiger partial charge < -0.3 is 9.42 Å². The summed E-state index contributed by atoms with van der Waals surface area (Å²) in [7, 11) is -2.71. The Kier molecular flexibility index (Phi) is 22.3. The topological polar surface area (TPSA) is 46.5 Å². The van der Waals surface area contributed by atoms with E-state index < -0.39 is 8.25 Å². The summed E-state index contributed by atoms with van der Waals surface area (Å²) in [6.07, 6.45) is 25.9. The van der Waals surface area contributed by atoms with E-state index in [1.807, 2.05) is 0 Å². The first-order valence-corrected chi connectivity index (χ1v) is 12.4. The molecule has 0 rings (SSSR count). The molecule has 0 aliphatic heterocycles. The predicted octanol–water partition coefficient (Wildman–Crippen LogP) is 7.82. The van der Waals surface area contributed by atoms with E-state index in [0.29, 0.717) is 6.61 Å². The molecule has 0 fully saturated rings. The summed E-state index contributed by atoms with van der Waals surface area (Å²) in [5, 5.41) is 0. The average molecular weight is 377 g/mol. The van der Waals surface area contributed by atoms with Crippen molar-refractivity contribution >= 4 is 8.25 Å². The molecule has 0 spiro atoms. The molecule has 0 saturated carbocycles. The summed E-state index contributed by atoms with van der Waals surface area (Å²) in [5.41, 5.74) is 0. The van der Waals surface area contributed by atoms with Crippen molar-refractivity contribution < 1.29 is 14.0 Å². The Labute approximate surface area is 158 Å². The predicted molar refractivity (Wildman–Crippen MR) is 111 cm³/mol. The zero-order chi connectivity index (χ0) is 18.4. The maximum Gasteiger partial charge on any atom is 0.316 e. The molecule has 152 valence electrons. The molecular formula is C21H45O3P. The number of rotatable bonds is 21. The lowest BCUT2D eigenvalue weighted by Gasteiger charge is -2.04. The molecule has 1 N–H and O–H groups in total. The van der Waals surface area contributed by atoms with Gasteiger partial charge in [-0.3, -0.25) is 4.57 Å². The molecule has 0 radical (unpaired) electrons. The molecule has 25 heavy (non-hydrogen) atoms. The van der Waals surface area contributed by atoms with Gasteiger partial charge in [-0.2, -0.15) is 0 Å². The highest BCUT2D eigenvalue weighted by Gasteiger charge is 1.96. The molecule has 3 nitrogen and oxygen atoms in total. The van der Waals surface area contributed by atoms with Crippen molar-refractivity contribution in [2.75, 3.05) is 6.61 Å². The zero-order valence-electron chi connectivity index (χ0n) is 16.9. The van der Waals surface area contributed by atoms with Gasteiger partial charge >= 0.3 is 8.25 Å². The lowest BCUT2D eigenvalue weighted by Crippen LogP contribution is -1.87. The molecule has 0 amide bonds.